The van der Waals surface area contributed by atoms with E-state index < -0.39 is 28.4 Å². The number of aryl methyl sites for hydroxylation is 7. The summed E-state index contributed by atoms with van der Waals surface area (Å²) >= 11 is 11.3. The summed E-state index contributed by atoms with van der Waals surface area (Å²) in [7, 11) is 1.68. The standard InChI is InChI=1S/C9H6F6.C9H11NO3.C8H9NO2.C8H10O.2C7H7Cl.C7H7NO2/c1-5-2-6(8(10,11)12)4-7(3-5)9(13,14)15;1-3-13-9-5-4-7(2)6-8(9)10(11)12;1-6-4-3-5-8(7(6)2)9(10)11;1-7-5-3-4-6-8(7)9-2;1-6-2-4-7(8)5-3-6;1-6-3-2-4-7(8)5-6;1-6-4-2-3-5-7(6)8(9)10/h2-4H,1H3;4-6H,3H2,1-2H3;3-5H,1-2H3;3-6H,1-2H3;2*2-5H,1H3;2-5H,1H3. The summed E-state index contributed by atoms with van der Waals surface area (Å²) in [6.07, 6.45) is -9.52. The topological polar surface area (TPSA) is 148 Å². The summed E-state index contributed by atoms with van der Waals surface area (Å²) in [5, 5.41) is 32.8. The van der Waals surface area contributed by atoms with E-state index >= 15 is 0 Å². The van der Waals surface area contributed by atoms with Crippen molar-refractivity contribution in [1.82, 2.24) is 0 Å². The molecule has 0 aliphatic rings. The number of nitro groups is 3. The van der Waals surface area contributed by atoms with Gasteiger partial charge in [-0.15, -0.1) is 0 Å². The molecule has 0 N–H and O–H groups in total. The molecule has 0 aliphatic heterocycles. The van der Waals surface area contributed by atoms with Crippen molar-refractivity contribution in [2.45, 2.75) is 74.7 Å². The Balaban J connectivity index is 0.000000436. The third-order valence-electron chi connectivity index (χ3n) is 9.73. The van der Waals surface area contributed by atoms with Crippen molar-refractivity contribution in [2.75, 3.05) is 13.7 Å². The van der Waals surface area contributed by atoms with Crippen LogP contribution in [-0.4, -0.2) is 28.5 Å². The zero-order valence-corrected chi connectivity index (χ0v) is 43.8. The number of hydrogen-bond acceptors (Lipinski definition) is 8. The van der Waals surface area contributed by atoms with Crippen molar-refractivity contribution in [3.8, 4) is 11.5 Å². The molecule has 0 amide bonds. The van der Waals surface area contributed by atoms with Crippen molar-refractivity contribution in [1.29, 1.82) is 0 Å². The summed E-state index contributed by atoms with van der Waals surface area (Å²) in [6.45, 7) is 16.6. The normalized spacial score (nSPS) is 10.1. The number of halogens is 8. The first-order valence-corrected chi connectivity index (χ1v) is 22.9. The summed E-state index contributed by atoms with van der Waals surface area (Å²) in [5.41, 5.74) is 4.67. The number of rotatable bonds is 6. The Kier molecular flexibility index (Phi) is 27.8. The predicted octanol–water partition coefficient (Wildman–Crippen LogP) is 17.7. The van der Waals surface area contributed by atoms with Crippen molar-refractivity contribution >= 4 is 40.3 Å². The molecule has 0 radical (unpaired) electrons. The molecule has 19 heteroatoms. The number of alkyl halides is 6. The molecule has 0 aliphatic carbocycles. The van der Waals surface area contributed by atoms with Gasteiger partial charge in [0.15, 0.2) is 5.75 Å². The molecule has 74 heavy (non-hydrogen) atoms. The zero-order valence-electron chi connectivity index (χ0n) is 42.3. The van der Waals surface area contributed by atoms with Gasteiger partial charge in [-0.05, 0) is 145 Å². The smallest absolute Gasteiger partial charge is 0.416 e. The molecular weight excluding hydrogens is 1020 g/mol. The van der Waals surface area contributed by atoms with Crippen LogP contribution in [0.1, 0.15) is 62.6 Å². The minimum absolute atomic E-state index is 0.0295. The molecule has 7 rings (SSSR count). The second-order valence-electron chi connectivity index (χ2n) is 15.8. The van der Waals surface area contributed by atoms with Crippen LogP contribution in [0, 0.1) is 85.7 Å². The molecule has 0 atom stereocenters. The van der Waals surface area contributed by atoms with E-state index in [1.165, 1.54) is 41.8 Å². The van der Waals surface area contributed by atoms with Gasteiger partial charge in [-0.2, -0.15) is 26.3 Å². The fraction of sp³-hybridized carbons (Fsp3) is 0.236. The Labute approximate surface area is 436 Å². The monoisotopic (exact) mass is 1070 g/mol. The fourth-order valence-corrected chi connectivity index (χ4v) is 6.15. The van der Waals surface area contributed by atoms with Gasteiger partial charge in [-0.1, -0.05) is 108 Å². The van der Waals surface area contributed by atoms with Crippen LogP contribution in [0.5, 0.6) is 11.5 Å². The van der Waals surface area contributed by atoms with E-state index in [9.17, 15) is 56.7 Å². The molecule has 0 saturated carbocycles. The number of benzene rings is 7. The number of nitrogens with zero attached hydrogens (tertiary/aromatic N) is 3. The predicted molar refractivity (Wildman–Crippen MR) is 281 cm³/mol. The fourth-order valence-electron chi connectivity index (χ4n) is 5.78. The minimum Gasteiger partial charge on any atom is -0.496 e. The highest BCUT2D eigenvalue weighted by Crippen LogP contribution is 2.36. The maximum absolute atomic E-state index is 12.2. The van der Waals surface area contributed by atoms with E-state index in [-0.39, 0.29) is 38.5 Å². The van der Waals surface area contributed by atoms with E-state index in [1.54, 1.807) is 64.3 Å². The second kappa shape index (κ2) is 31.8. The zero-order chi connectivity index (χ0) is 56.3. The summed E-state index contributed by atoms with van der Waals surface area (Å²) in [4.78, 5) is 30.0. The van der Waals surface area contributed by atoms with E-state index in [2.05, 4.69) is 0 Å². The number of methoxy groups -OCH3 is 1. The summed E-state index contributed by atoms with van der Waals surface area (Å²) in [5.74, 6) is 1.29. The van der Waals surface area contributed by atoms with Crippen molar-refractivity contribution in [3.05, 3.63) is 248 Å². The van der Waals surface area contributed by atoms with Crippen LogP contribution in [0.3, 0.4) is 0 Å². The lowest BCUT2D eigenvalue weighted by atomic mass is 10.1. The van der Waals surface area contributed by atoms with Crippen LogP contribution < -0.4 is 9.47 Å². The second-order valence-corrected chi connectivity index (χ2v) is 16.7. The Morgan fingerprint density at radius 1 is 0.446 bits per heavy atom. The molecule has 0 bridgehead atoms. The summed E-state index contributed by atoms with van der Waals surface area (Å²) < 4.78 is 83.2. The average Bonchev–Trinajstić information content (AvgIpc) is 3.32. The van der Waals surface area contributed by atoms with Crippen molar-refractivity contribution in [2.24, 2.45) is 0 Å². The van der Waals surface area contributed by atoms with Crippen LogP contribution in [0.25, 0.3) is 0 Å². The van der Waals surface area contributed by atoms with Gasteiger partial charge in [0.25, 0.3) is 11.4 Å². The SMILES string of the molecule is CCOc1ccc(C)cc1[N+](=O)[O-].COc1ccccc1C.Cc1cc(C(F)(F)F)cc(C(F)(F)F)c1.Cc1ccc(Cl)cc1.Cc1cccc(Cl)c1.Cc1cccc([N+](=O)[O-])c1C.Cc1ccccc1[N+](=O)[O-]. The first-order valence-electron chi connectivity index (χ1n) is 22.1. The Morgan fingerprint density at radius 2 is 0.905 bits per heavy atom. The average molecular weight is 1070 g/mol. The lowest BCUT2D eigenvalue weighted by Crippen LogP contribution is -2.11. The largest absolute Gasteiger partial charge is 0.496 e. The maximum atomic E-state index is 12.2. The molecule has 0 aromatic heterocycles. The molecule has 0 fully saturated rings. The number of nitro benzene ring substituents is 3. The van der Waals surface area contributed by atoms with Crippen LogP contribution >= 0.6 is 23.2 Å². The first kappa shape index (κ1) is 64.5. The molecule has 7 aromatic carbocycles. The van der Waals surface area contributed by atoms with Gasteiger partial charge >= 0.3 is 18.0 Å². The highest BCUT2D eigenvalue weighted by Gasteiger charge is 2.36. The van der Waals surface area contributed by atoms with Crippen LogP contribution in [0.15, 0.2) is 152 Å². The third kappa shape index (κ3) is 24.8. The molecule has 7 aromatic rings. The minimum atomic E-state index is -4.76. The van der Waals surface area contributed by atoms with Gasteiger partial charge in [0.2, 0.25) is 0 Å². The maximum Gasteiger partial charge on any atom is 0.416 e. The van der Waals surface area contributed by atoms with Crippen LogP contribution in [0.2, 0.25) is 10.0 Å². The highest BCUT2D eigenvalue weighted by molar-refractivity contribution is 6.30. The molecular formula is C55H57Cl2F6N3O8. The molecule has 11 nitrogen and oxygen atoms in total. The Hall–Kier alpha value is -7.50. The van der Waals surface area contributed by atoms with Gasteiger partial charge in [0.1, 0.15) is 5.75 Å². The Bertz CT molecular complexity index is 2810. The van der Waals surface area contributed by atoms with E-state index in [1.807, 2.05) is 113 Å². The molecule has 0 heterocycles. The highest BCUT2D eigenvalue weighted by atomic mass is 35.5. The number of para-hydroxylation sites is 2. The van der Waals surface area contributed by atoms with Crippen molar-refractivity contribution < 1.29 is 50.6 Å². The van der Waals surface area contributed by atoms with Gasteiger partial charge in [-0.3, -0.25) is 30.3 Å². The first-order chi connectivity index (χ1) is 34.5. The van der Waals surface area contributed by atoms with Crippen LogP contribution in [-0.2, 0) is 12.4 Å². The van der Waals surface area contributed by atoms with Gasteiger partial charge in [-0.25, -0.2) is 0 Å². The number of ether oxygens (including phenoxy) is 2. The van der Waals surface area contributed by atoms with E-state index in [0.29, 0.717) is 30.1 Å². The van der Waals surface area contributed by atoms with Crippen LogP contribution in [0.4, 0.5) is 43.4 Å². The van der Waals surface area contributed by atoms with E-state index in [4.69, 9.17) is 32.7 Å². The Morgan fingerprint density at radius 3 is 1.30 bits per heavy atom. The van der Waals surface area contributed by atoms with E-state index in [0.717, 1.165) is 32.5 Å². The molecule has 0 unspecified atom stereocenters. The molecule has 0 spiro atoms. The third-order valence-corrected chi connectivity index (χ3v) is 10.2. The molecule has 396 valence electrons. The molecule has 0 saturated heterocycles. The van der Waals surface area contributed by atoms with Gasteiger partial charge < -0.3 is 9.47 Å². The quantitative estimate of drug-likeness (QED) is 0.0908. The lowest BCUT2D eigenvalue weighted by Gasteiger charge is -2.12. The van der Waals surface area contributed by atoms with Crippen molar-refractivity contribution in [3.63, 3.8) is 0 Å². The number of hydrogen-bond donors (Lipinski definition) is 0. The van der Waals surface area contributed by atoms with Gasteiger partial charge in [0, 0.05) is 39.4 Å². The van der Waals surface area contributed by atoms with Gasteiger partial charge in [0.05, 0.1) is 39.6 Å². The lowest BCUT2D eigenvalue weighted by molar-refractivity contribution is -0.386. The summed E-state index contributed by atoms with van der Waals surface area (Å²) in [6, 6.07) is 41.6.